The summed E-state index contributed by atoms with van der Waals surface area (Å²) in [6.45, 7) is 11.7. The Bertz CT molecular complexity index is 381. The van der Waals surface area contributed by atoms with E-state index in [-0.39, 0.29) is 17.8 Å². The van der Waals surface area contributed by atoms with Gasteiger partial charge in [0.05, 0.1) is 0 Å². The molecule has 4 heteroatoms. The highest BCUT2D eigenvalue weighted by Crippen LogP contribution is 2.28. The molecule has 0 bridgehead atoms. The number of carbonyl (C=O) groups excluding carboxylic acids is 1. The van der Waals surface area contributed by atoms with Gasteiger partial charge in [-0.25, -0.2) is 0 Å². The molecule has 0 heterocycles. The summed E-state index contributed by atoms with van der Waals surface area (Å²) in [4.78, 5) is 19.3. The molecule has 0 aromatic heterocycles. The average Bonchev–Trinajstić information content (AvgIpc) is 2.31. The van der Waals surface area contributed by atoms with E-state index in [0.29, 0.717) is 0 Å². The lowest BCUT2D eigenvalue weighted by Gasteiger charge is -2.22. The van der Waals surface area contributed by atoms with Gasteiger partial charge in [0, 0.05) is 12.6 Å². The first-order chi connectivity index (χ1) is 8.82. The molecule has 0 aliphatic rings. The Labute approximate surface area is 115 Å². The van der Waals surface area contributed by atoms with Gasteiger partial charge < -0.3 is 10.4 Å². The number of anilines is 1. The molecule has 0 aliphatic carbocycles. The van der Waals surface area contributed by atoms with Crippen molar-refractivity contribution in [3.05, 3.63) is 29.8 Å². The summed E-state index contributed by atoms with van der Waals surface area (Å²) in [5.74, 6) is -0.0262. The van der Waals surface area contributed by atoms with Gasteiger partial charge in [-0.05, 0) is 17.0 Å². The number of amides is 1. The summed E-state index contributed by atoms with van der Waals surface area (Å²) in [6, 6.07) is 7.90. The maximum Gasteiger partial charge on any atom is 0.290 e. The van der Waals surface area contributed by atoms with E-state index < -0.39 is 0 Å². The van der Waals surface area contributed by atoms with Crippen LogP contribution in [0.5, 0.6) is 0 Å². The summed E-state index contributed by atoms with van der Waals surface area (Å²) in [6.07, 6.45) is 0. The number of benzene rings is 1. The fourth-order valence-electron chi connectivity index (χ4n) is 1.44. The van der Waals surface area contributed by atoms with Crippen molar-refractivity contribution in [2.75, 3.05) is 5.32 Å². The molecule has 19 heavy (non-hydrogen) atoms. The van der Waals surface area contributed by atoms with Gasteiger partial charge in [-0.2, -0.15) is 0 Å². The largest absolute Gasteiger partial charge is 0.483 e. The lowest BCUT2D eigenvalue weighted by Crippen LogP contribution is -2.16. The van der Waals surface area contributed by atoms with Crippen LogP contribution < -0.4 is 5.32 Å². The van der Waals surface area contributed by atoms with Crippen LogP contribution in [0, 0.1) is 0 Å². The first kappa shape index (κ1) is 19.5. The molecule has 0 radical (unpaired) electrons. The van der Waals surface area contributed by atoms with Crippen LogP contribution >= 0.6 is 0 Å². The Morgan fingerprint density at radius 3 is 2.00 bits per heavy atom. The topological polar surface area (TPSA) is 66.4 Å². The second-order valence-electron chi connectivity index (χ2n) is 4.58. The first-order valence-electron chi connectivity index (χ1n) is 6.28. The van der Waals surface area contributed by atoms with E-state index in [1.54, 1.807) is 0 Å². The molecule has 108 valence electrons. The van der Waals surface area contributed by atoms with Crippen molar-refractivity contribution < 1.29 is 14.7 Å². The van der Waals surface area contributed by atoms with Crippen LogP contribution in [0.4, 0.5) is 5.69 Å². The van der Waals surface area contributed by atoms with Gasteiger partial charge >= 0.3 is 0 Å². The van der Waals surface area contributed by atoms with E-state index in [1.807, 2.05) is 38.1 Å². The summed E-state index contributed by atoms with van der Waals surface area (Å²) in [5, 5.41) is 9.73. The molecule has 0 aliphatic heterocycles. The number of hydrogen-bond donors (Lipinski definition) is 2. The third-order valence-electron chi connectivity index (χ3n) is 2.05. The van der Waals surface area contributed by atoms with Crippen LogP contribution in [0.3, 0.4) is 0 Å². The number of para-hydroxylation sites is 1. The van der Waals surface area contributed by atoms with Crippen LogP contribution in [0.15, 0.2) is 24.3 Å². The number of hydrogen-bond acceptors (Lipinski definition) is 2. The van der Waals surface area contributed by atoms with Crippen LogP contribution in [0.1, 0.15) is 47.1 Å². The number of carboxylic acid groups (broad SMARTS) is 1. The monoisotopic (exact) mass is 267 g/mol. The second kappa shape index (κ2) is 10.1. The highest BCUT2D eigenvalue weighted by atomic mass is 16.3. The van der Waals surface area contributed by atoms with E-state index in [0.717, 1.165) is 11.3 Å². The Hall–Kier alpha value is -1.84. The predicted molar refractivity (Wildman–Crippen MR) is 79.5 cm³/mol. The molecule has 0 unspecified atom stereocenters. The number of rotatable bonds is 1. The number of carbonyl (C=O) groups is 2. The minimum Gasteiger partial charge on any atom is -0.483 e. The van der Waals surface area contributed by atoms with Gasteiger partial charge in [-0.3, -0.25) is 9.59 Å². The van der Waals surface area contributed by atoms with E-state index in [1.165, 1.54) is 6.92 Å². The van der Waals surface area contributed by atoms with Crippen LogP contribution in [0.25, 0.3) is 0 Å². The van der Waals surface area contributed by atoms with Crippen molar-refractivity contribution in [3.63, 3.8) is 0 Å². The van der Waals surface area contributed by atoms with Gasteiger partial charge in [-0.15, -0.1) is 0 Å². The van der Waals surface area contributed by atoms with E-state index in [4.69, 9.17) is 9.90 Å². The fourth-order valence-corrected chi connectivity index (χ4v) is 1.44. The highest BCUT2D eigenvalue weighted by molar-refractivity contribution is 5.89. The highest BCUT2D eigenvalue weighted by Gasteiger charge is 2.17. The van der Waals surface area contributed by atoms with Crippen molar-refractivity contribution in [3.8, 4) is 0 Å². The average molecular weight is 267 g/mol. The third kappa shape index (κ3) is 8.83. The van der Waals surface area contributed by atoms with Gasteiger partial charge in [-0.1, -0.05) is 52.8 Å². The number of nitrogens with one attached hydrogen (secondary N) is 1. The molecule has 4 nitrogen and oxygen atoms in total. The Balaban J connectivity index is 0. The summed E-state index contributed by atoms with van der Waals surface area (Å²) >= 11 is 0. The Morgan fingerprint density at radius 1 is 1.21 bits per heavy atom. The lowest BCUT2D eigenvalue weighted by atomic mass is 9.86. The smallest absolute Gasteiger partial charge is 0.290 e. The van der Waals surface area contributed by atoms with E-state index >= 15 is 0 Å². The molecule has 1 amide bonds. The molecule has 0 spiro atoms. The van der Waals surface area contributed by atoms with E-state index in [9.17, 15) is 4.79 Å². The van der Waals surface area contributed by atoms with Crippen LogP contribution in [-0.2, 0) is 15.0 Å². The molecule has 0 fully saturated rings. The minimum absolute atomic E-state index is 0.0262. The maximum atomic E-state index is 11.0. The lowest BCUT2D eigenvalue weighted by molar-refractivity contribution is -0.123. The molecule has 1 aromatic rings. The Morgan fingerprint density at radius 2 is 1.63 bits per heavy atom. The quantitative estimate of drug-likeness (QED) is 0.763. The molecule has 1 aromatic carbocycles. The normalized spacial score (nSPS) is 9.16. The van der Waals surface area contributed by atoms with Crippen molar-refractivity contribution in [1.82, 2.24) is 0 Å². The van der Waals surface area contributed by atoms with Crippen LogP contribution in [-0.4, -0.2) is 17.5 Å². The van der Waals surface area contributed by atoms with Crippen molar-refractivity contribution in [2.45, 2.75) is 47.0 Å². The van der Waals surface area contributed by atoms with E-state index in [2.05, 4.69) is 26.1 Å². The third-order valence-corrected chi connectivity index (χ3v) is 2.05. The van der Waals surface area contributed by atoms with Gasteiger partial charge in [0.25, 0.3) is 6.47 Å². The van der Waals surface area contributed by atoms with Crippen molar-refractivity contribution >= 4 is 18.1 Å². The molecular weight excluding hydrogens is 242 g/mol. The maximum absolute atomic E-state index is 11.0. The zero-order valence-electron chi connectivity index (χ0n) is 12.7. The zero-order valence-corrected chi connectivity index (χ0v) is 12.7. The van der Waals surface area contributed by atoms with Gasteiger partial charge in [0.1, 0.15) is 0 Å². The standard InChI is InChI=1S/C12H17NO.C2H6.CH2O2/c1-9(14)13-11-8-6-5-7-10(11)12(2,3)4;1-2;2-1-3/h5-8H,1-4H3,(H,13,14);1-2H3;1H,(H,2,3). The predicted octanol–water partition coefficient (Wildman–Crippen LogP) is 3.67. The fraction of sp³-hybridized carbons (Fsp3) is 0.467. The Kier molecular flexibility index (Phi) is 10.4. The summed E-state index contributed by atoms with van der Waals surface area (Å²) in [7, 11) is 0. The molecule has 0 saturated carbocycles. The zero-order chi connectivity index (χ0) is 15.5. The molecule has 0 atom stereocenters. The van der Waals surface area contributed by atoms with Gasteiger partial charge in [0.2, 0.25) is 5.91 Å². The summed E-state index contributed by atoms with van der Waals surface area (Å²) < 4.78 is 0. The SMILES string of the molecule is CC.CC(=O)Nc1ccccc1C(C)(C)C.O=CO. The van der Waals surface area contributed by atoms with Crippen LogP contribution in [0.2, 0.25) is 0 Å². The molecule has 0 saturated heterocycles. The molecular formula is C15H25NO3. The molecule has 2 N–H and O–H groups in total. The second-order valence-corrected chi connectivity index (χ2v) is 4.58. The minimum atomic E-state index is -0.250. The first-order valence-corrected chi connectivity index (χ1v) is 6.28. The van der Waals surface area contributed by atoms with Crippen molar-refractivity contribution in [1.29, 1.82) is 0 Å². The van der Waals surface area contributed by atoms with Crippen molar-refractivity contribution in [2.24, 2.45) is 0 Å². The summed E-state index contributed by atoms with van der Waals surface area (Å²) in [5.41, 5.74) is 2.13. The van der Waals surface area contributed by atoms with Gasteiger partial charge in [0.15, 0.2) is 0 Å². The molecule has 1 rings (SSSR count).